The van der Waals surface area contributed by atoms with Crippen LogP contribution in [0.5, 0.6) is 0 Å². The van der Waals surface area contributed by atoms with Crippen molar-refractivity contribution in [1.29, 1.82) is 0 Å². The average molecular weight is 417 g/mol. The van der Waals surface area contributed by atoms with Crippen molar-refractivity contribution >= 4 is 63.6 Å². The van der Waals surface area contributed by atoms with E-state index in [2.05, 4.69) is 5.32 Å². The van der Waals surface area contributed by atoms with Crippen molar-refractivity contribution in [2.24, 2.45) is 0 Å². The molecule has 0 saturated carbocycles. The molecule has 0 unspecified atom stereocenters. The predicted molar refractivity (Wildman–Crippen MR) is 106 cm³/mol. The summed E-state index contributed by atoms with van der Waals surface area (Å²) in [6.07, 6.45) is 0. The first-order valence-corrected chi connectivity index (χ1v) is 9.37. The fraction of sp³-hybridized carbons (Fsp3) is 0. The van der Waals surface area contributed by atoms with Crippen LogP contribution in [0.2, 0.25) is 9.36 Å². The number of rotatable bonds is 3. The first-order valence-electron chi connectivity index (χ1n) is 7.80. The Morgan fingerprint density at radius 2 is 1.59 bits per heavy atom. The van der Waals surface area contributed by atoms with Gasteiger partial charge < -0.3 is 5.32 Å². The SMILES string of the molecule is O=C(Nc1ccc(N2C(=O)c3ccccc3C2=O)c(Cl)c1)c1ccc(Cl)s1. The third-order valence-corrected chi connectivity index (χ3v) is 5.57. The number of fused-ring (bicyclic) bond motifs is 1. The number of thiophene rings is 1. The van der Waals surface area contributed by atoms with Crippen LogP contribution in [0.1, 0.15) is 30.4 Å². The van der Waals surface area contributed by atoms with Gasteiger partial charge in [0.05, 0.1) is 31.1 Å². The van der Waals surface area contributed by atoms with Crippen LogP contribution in [0.25, 0.3) is 0 Å². The molecule has 134 valence electrons. The molecular weight excluding hydrogens is 407 g/mol. The Bertz CT molecular complexity index is 1070. The number of hydrogen-bond acceptors (Lipinski definition) is 4. The van der Waals surface area contributed by atoms with E-state index in [-0.39, 0.29) is 16.6 Å². The number of carbonyl (C=O) groups excluding carboxylic acids is 3. The number of anilines is 2. The Labute approximate surface area is 168 Å². The van der Waals surface area contributed by atoms with Gasteiger partial charge in [-0.3, -0.25) is 14.4 Å². The minimum Gasteiger partial charge on any atom is -0.321 e. The summed E-state index contributed by atoms with van der Waals surface area (Å²) >= 11 is 13.3. The van der Waals surface area contributed by atoms with Gasteiger partial charge in [0, 0.05) is 5.69 Å². The van der Waals surface area contributed by atoms with E-state index in [9.17, 15) is 14.4 Å². The maximum absolute atomic E-state index is 12.6. The molecule has 0 atom stereocenters. The molecule has 3 aromatic rings. The van der Waals surface area contributed by atoms with Crippen molar-refractivity contribution in [3.8, 4) is 0 Å². The molecule has 5 nitrogen and oxygen atoms in total. The summed E-state index contributed by atoms with van der Waals surface area (Å²) in [7, 11) is 0. The summed E-state index contributed by atoms with van der Waals surface area (Å²) in [6.45, 7) is 0. The Hall–Kier alpha value is -2.67. The number of imide groups is 1. The van der Waals surface area contributed by atoms with E-state index in [1.165, 1.54) is 12.1 Å². The average Bonchev–Trinajstić information content (AvgIpc) is 3.19. The highest BCUT2D eigenvalue weighted by molar-refractivity contribution is 7.18. The molecule has 1 aliphatic heterocycles. The lowest BCUT2D eigenvalue weighted by molar-refractivity contribution is 0.0925. The molecule has 2 heterocycles. The lowest BCUT2D eigenvalue weighted by Gasteiger charge is -2.16. The van der Waals surface area contributed by atoms with Crippen LogP contribution in [-0.2, 0) is 0 Å². The number of hydrogen-bond donors (Lipinski definition) is 1. The molecule has 27 heavy (non-hydrogen) atoms. The Morgan fingerprint density at radius 1 is 0.926 bits per heavy atom. The zero-order chi connectivity index (χ0) is 19.1. The van der Waals surface area contributed by atoms with Crippen molar-refractivity contribution in [3.63, 3.8) is 0 Å². The summed E-state index contributed by atoms with van der Waals surface area (Å²) in [6, 6.07) is 14.5. The quantitative estimate of drug-likeness (QED) is 0.603. The molecule has 0 radical (unpaired) electrons. The normalized spacial score (nSPS) is 13.0. The third kappa shape index (κ3) is 3.12. The minimum absolute atomic E-state index is 0.173. The summed E-state index contributed by atoms with van der Waals surface area (Å²) < 4.78 is 0.513. The molecule has 3 amide bonds. The van der Waals surface area contributed by atoms with E-state index >= 15 is 0 Å². The highest BCUT2D eigenvalue weighted by Crippen LogP contribution is 2.35. The lowest BCUT2D eigenvalue weighted by Crippen LogP contribution is -2.29. The Morgan fingerprint density at radius 3 is 2.15 bits per heavy atom. The monoisotopic (exact) mass is 416 g/mol. The van der Waals surface area contributed by atoms with Gasteiger partial charge in [-0.15, -0.1) is 11.3 Å². The van der Waals surface area contributed by atoms with Crippen LogP contribution in [0.4, 0.5) is 11.4 Å². The van der Waals surface area contributed by atoms with Gasteiger partial charge in [-0.25, -0.2) is 4.90 Å². The van der Waals surface area contributed by atoms with E-state index in [1.54, 1.807) is 42.5 Å². The fourth-order valence-corrected chi connectivity index (χ4v) is 4.01. The van der Waals surface area contributed by atoms with Crippen molar-refractivity contribution in [1.82, 2.24) is 0 Å². The van der Waals surface area contributed by atoms with Crippen LogP contribution < -0.4 is 10.2 Å². The van der Waals surface area contributed by atoms with Crippen LogP contribution >= 0.6 is 34.5 Å². The molecule has 0 bridgehead atoms. The number of amides is 3. The predicted octanol–water partition coefficient (Wildman–Crippen LogP) is 5.11. The highest BCUT2D eigenvalue weighted by Gasteiger charge is 2.37. The first-order chi connectivity index (χ1) is 13.0. The third-order valence-electron chi connectivity index (χ3n) is 4.04. The lowest BCUT2D eigenvalue weighted by atomic mass is 10.1. The summed E-state index contributed by atoms with van der Waals surface area (Å²) in [5.41, 5.74) is 1.38. The highest BCUT2D eigenvalue weighted by atomic mass is 35.5. The molecule has 0 saturated heterocycles. The van der Waals surface area contributed by atoms with Gasteiger partial charge >= 0.3 is 0 Å². The molecule has 8 heteroatoms. The number of nitrogens with one attached hydrogen (secondary N) is 1. The summed E-state index contributed by atoms with van der Waals surface area (Å²) in [4.78, 5) is 38.9. The second kappa shape index (κ2) is 6.81. The van der Waals surface area contributed by atoms with Crippen molar-refractivity contribution in [2.75, 3.05) is 10.2 Å². The van der Waals surface area contributed by atoms with Gasteiger partial charge in [-0.2, -0.15) is 0 Å². The van der Waals surface area contributed by atoms with Gasteiger partial charge in [-0.1, -0.05) is 35.3 Å². The van der Waals surface area contributed by atoms with E-state index in [1.807, 2.05) is 0 Å². The van der Waals surface area contributed by atoms with Crippen molar-refractivity contribution < 1.29 is 14.4 Å². The Balaban J connectivity index is 1.60. The molecule has 0 aliphatic carbocycles. The van der Waals surface area contributed by atoms with E-state index in [0.717, 1.165) is 16.2 Å². The zero-order valence-corrected chi connectivity index (χ0v) is 15.9. The fourth-order valence-electron chi connectivity index (χ4n) is 2.80. The van der Waals surface area contributed by atoms with Crippen molar-refractivity contribution in [2.45, 2.75) is 0 Å². The largest absolute Gasteiger partial charge is 0.321 e. The topological polar surface area (TPSA) is 66.5 Å². The minimum atomic E-state index is -0.428. The molecule has 2 aromatic carbocycles. The van der Waals surface area contributed by atoms with E-state index < -0.39 is 11.8 Å². The van der Waals surface area contributed by atoms with Gasteiger partial charge in [0.15, 0.2) is 0 Å². The molecule has 0 fully saturated rings. The molecule has 1 N–H and O–H groups in total. The number of carbonyl (C=O) groups is 3. The number of benzene rings is 2. The first kappa shape index (κ1) is 17.7. The number of halogens is 2. The van der Waals surface area contributed by atoms with Crippen LogP contribution in [0.3, 0.4) is 0 Å². The zero-order valence-electron chi connectivity index (χ0n) is 13.5. The van der Waals surface area contributed by atoms with Crippen molar-refractivity contribution in [3.05, 3.63) is 80.0 Å². The van der Waals surface area contributed by atoms with Crippen LogP contribution in [0, 0.1) is 0 Å². The summed E-state index contributed by atoms with van der Waals surface area (Å²) in [5.74, 6) is -1.18. The number of nitrogens with zero attached hydrogens (tertiary/aromatic N) is 1. The molecule has 0 spiro atoms. The van der Waals surface area contributed by atoms with Gasteiger partial charge in [-0.05, 0) is 42.5 Å². The second-order valence-corrected chi connectivity index (χ2v) is 7.84. The van der Waals surface area contributed by atoms with E-state index in [0.29, 0.717) is 26.0 Å². The molecule has 1 aliphatic rings. The standard InChI is InChI=1S/C19H10Cl2N2O3S/c20-13-9-10(22-17(24)15-7-8-16(21)27-15)5-6-14(13)23-18(25)11-3-1-2-4-12(11)19(23)26/h1-9H,(H,22,24). The molecular formula is C19H10Cl2N2O3S. The second-order valence-electron chi connectivity index (χ2n) is 5.72. The molecule has 1 aromatic heterocycles. The van der Waals surface area contributed by atoms with Crippen LogP contribution in [-0.4, -0.2) is 17.7 Å². The maximum Gasteiger partial charge on any atom is 0.266 e. The van der Waals surface area contributed by atoms with E-state index in [4.69, 9.17) is 23.2 Å². The summed E-state index contributed by atoms with van der Waals surface area (Å²) in [5, 5.41) is 2.88. The molecule has 4 rings (SSSR count). The smallest absolute Gasteiger partial charge is 0.266 e. The van der Waals surface area contributed by atoms with Gasteiger partial charge in [0.25, 0.3) is 17.7 Å². The Kier molecular flexibility index (Phi) is 4.47. The maximum atomic E-state index is 12.6. The van der Waals surface area contributed by atoms with Crippen LogP contribution in [0.15, 0.2) is 54.6 Å². The van der Waals surface area contributed by atoms with Gasteiger partial charge in [0.1, 0.15) is 0 Å². The van der Waals surface area contributed by atoms with Gasteiger partial charge in [0.2, 0.25) is 0 Å².